The van der Waals surface area contributed by atoms with Crippen molar-refractivity contribution in [2.75, 3.05) is 5.01 Å². The Labute approximate surface area is 125 Å². The fourth-order valence-corrected chi connectivity index (χ4v) is 2.59. The molecular weight excluding hydrogens is 291 g/mol. The van der Waals surface area contributed by atoms with Gasteiger partial charge in [0.15, 0.2) is 0 Å². The van der Waals surface area contributed by atoms with Crippen LogP contribution in [0.3, 0.4) is 0 Å². The van der Waals surface area contributed by atoms with E-state index in [9.17, 15) is 4.39 Å². The maximum absolute atomic E-state index is 12.8. The number of anilines is 1. The fourth-order valence-electron chi connectivity index (χ4n) is 2.28. The Morgan fingerprint density at radius 1 is 1.00 bits per heavy atom. The zero-order chi connectivity index (χ0) is 14.4. The highest BCUT2D eigenvalue weighted by Crippen LogP contribution is 2.44. The summed E-state index contributed by atoms with van der Waals surface area (Å²) in [5.41, 5.74) is 2.04. The maximum Gasteiger partial charge on any atom is 0.127 e. The van der Waals surface area contributed by atoms with Gasteiger partial charge in [-0.3, -0.25) is 5.01 Å². The molecule has 0 fully saturated rings. The monoisotopic (exact) mass is 300 g/mol. The summed E-state index contributed by atoms with van der Waals surface area (Å²) in [6.07, 6.45) is 1.79. The molecule has 2 aromatic rings. The van der Waals surface area contributed by atoms with E-state index >= 15 is 0 Å². The number of hydrazone groups is 1. The highest BCUT2D eigenvalue weighted by molar-refractivity contribution is 6.37. The highest BCUT2D eigenvalue weighted by atomic mass is 35.5. The average Bonchev–Trinajstić information content (AvgIpc) is 2.95. The van der Waals surface area contributed by atoms with Crippen LogP contribution in [-0.4, -0.2) is 12.3 Å². The standard InChI is InChI=1S/C16H10ClFN2O/c17-15-14-9-19-20(16(14)15)11-3-7-13(8-4-11)21-12-5-1-10(18)2-6-12/h1-9,16H. The molecule has 0 saturated carbocycles. The van der Waals surface area contributed by atoms with Crippen LogP contribution in [0.25, 0.3) is 0 Å². The molecule has 3 nitrogen and oxygen atoms in total. The van der Waals surface area contributed by atoms with Gasteiger partial charge in [0.05, 0.1) is 16.9 Å². The van der Waals surface area contributed by atoms with Crippen molar-refractivity contribution in [1.29, 1.82) is 0 Å². The van der Waals surface area contributed by atoms with Gasteiger partial charge in [-0.2, -0.15) is 5.10 Å². The van der Waals surface area contributed by atoms with Crippen LogP contribution in [0.1, 0.15) is 0 Å². The number of ether oxygens (including phenoxy) is 1. The Morgan fingerprint density at radius 3 is 2.19 bits per heavy atom. The summed E-state index contributed by atoms with van der Waals surface area (Å²) < 4.78 is 18.5. The van der Waals surface area contributed by atoms with Crippen LogP contribution in [0.5, 0.6) is 11.5 Å². The van der Waals surface area contributed by atoms with Gasteiger partial charge in [-0.1, -0.05) is 11.6 Å². The Balaban J connectivity index is 1.49. The Morgan fingerprint density at radius 2 is 1.62 bits per heavy atom. The number of benzene rings is 2. The van der Waals surface area contributed by atoms with Gasteiger partial charge in [0, 0.05) is 5.57 Å². The van der Waals surface area contributed by atoms with Crippen molar-refractivity contribution >= 4 is 23.5 Å². The summed E-state index contributed by atoms with van der Waals surface area (Å²) in [5.74, 6) is 0.996. The summed E-state index contributed by atoms with van der Waals surface area (Å²) in [6, 6.07) is 13.6. The Kier molecular flexibility index (Phi) is 2.72. The molecule has 1 aliphatic carbocycles. The van der Waals surface area contributed by atoms with E-state index in [2.05, 4.69) is 5.10 Å². The molecule has 1 unspecified atom stereocenters. The molecule has 1 atom stereocenters. The summed E-state index contributed by atoms with van der Waals surface area (Å²) in [6.45, 7) is 0. The third kappa shape index (κ3) is 2.17. The first-order valence-corrected chi connectivity index (χ1v) is 6.86. The highest BCUT2D eigenvalue weighted by Gasteiger charge is 2.43. The van der Waals surface area contributed by atoms with Crippen LogP contribution >= 0.6 is 11.6 Å². The number of nitrogens with zero attached hydrogens (tertiary/aromatic N) is 2. The SMILES string of the molecule is Fc1ccc(Oc2ccc(N3N=CC4=C(Cl)C43)cc2)cc1. The molecule has 0 spiro atoms. The van der Waals surface area contributed by atoms with Gasteiger partial charge in [-0.25, -0.2) is 4.39 Å². The molecular formula is C16H10ClFN2O. The number of hydrogen-bond donors (Lipinski definition) is 0. The van der Waals surface area contributed by atoms with Gasteiger partial charge >= 0.3 is 0 Å². The van der Waals surface area contributed by atoms with Crippen molar-refractivity contribution in [2.24, 2.45) is 5.10 Å². The van der Waals surface area contributed by atoms with E-state index in [-0.39, 0.29) is 11.9 Å². The third-order valence-corrected chi connectivity index (χ3v) is 3.87. The zero-order valence-electron chi connectivity index (χ0n) is 10.8. The molecule has 0 saturated heterocycles. The molecule has 2 aliphatic rings. The molecule has 104 valence electrons. The quantitative estimate of drug-likeness (QED) is 0.844. The normalized spacial score (nSPS) is 19.0. The molecule has 0 radical (unpaired) electrons. The van der Waals surface area contributed by atoms with Crippen LogP contribution in [-0.2, 0) is 0 Å². The van der Waals surface area contributed by atoms with Gasteiger partial charge in [-0.15, -0.1) is 0 Å². The molecule has 21 heavy (non-hydrogen) atoms. The van der Waals surface area contributed by atoms with Gasteiger partial charge < -0.3 is 4.74 Å². The number of hydrogen-bond acceptors (Lipinski definition) is 3. The second kappa shape index (κ2) is 4.60. The molecule has 1 aliphatic heterocycles. The van der Waals surface area contributed by atoms with Crippen LogP contribution < -0.4 is 9.75 Å². The van der Waals surface area contributed by atoms with Crippen LogP contribution in [0.15, 0.2) is 64.2 Å². The predicted molar refractivity (Wildman–Crippen MR) is 80.6 cm³/mol. The molecule has 1 heterocycles. The van der Waals surface area contributed by atoms with Gasteiger partial charge in [0.1, 0.15) is 23.4 Å². The third-order valence-electron chi connectivity index (χ3n) is 3.44. The molecule has 0 amide bonds. The predicted octanol–water partition coefficient (Wildman–Crippen LogP) is 4.30. The zero-order valence-corrected chi connectivity index (χ0v) is 11.6. The van der Waals surface area contributed by atoms with Crippen LogP contribution in [0.2, 0.25) is 0 Å². The second-order valence-corrected chi connectivity index (χ2v) is 5.25. The number of rotatable bonds is 3. The van der Waals surface area contributed by atoms with E-state index in [1.54, 1.807) is 18.3 Å². The summed E-state index contributed by atoms with van der Waals surface area (Å²) >= 11 is 6.04. The van der Waals surface area contributed by atoms with E-state index < -0.39 is 0 Å². The average molecular weight is 301 g/mol. The first kappa shape index (κ1) is 12.4. The van der Waals surface area contributed by atoms with Crippen molar-refractivity contribution in [3.8, 4) is 11.5 Å². The maximum atomic E-state index is 12.8. The second-order valence-electron chi connectivity index (χ2n) is 4.84. The molecule has 4 rings (SSSR count). The van der Waals surface area contributed by atoms with Crippen molar-refractivity contribution in [1.82, 2.24) is 0 Å². The molecule has 5 heteroatoms. The van der Waals surface area contributed by atoms with E-state index in [1.165, 1.54) is 12.1 Å². The molecule has 0 N–H and O–H groups in total. The van der Waals surface area contributed by atoms with Crippen molar-refractivity contribution in [3.05, 3.63) is 65.0 Å². The lowest BCUT2D eigenvalue weighted by Gasteiger charge is -2.16. The van der Waals surface area contributed by atoms with Crippen molar-refractivity contribution < 1.29 is 9.13 Å². The Bertz CT molecular complexity index is 753. The number of fused-ring (bicyclic) bond motifs is 1. The van der Waals surface area contributed by atoms with Crippen LogP contribution in [0, 0.1) is 5.82 Å². The van der Waals surface area contributed by atoms with Crippen molar-refractivity contribution in [3.63, 3.8) is 0 Å². The van der Waals surface area contributed by atoms with E-state index in [1.807, 2.05) is 29.3 Å². The molecule has 2 aromatic carbocycles. The fraction of sp³-hybridized carbons (Fsp3) is 0.0625. The lowest BCUT2D eigenvalue weighted by molar-refractivity contribution is 0.480. The summed E-state index contributed by atoms with van der Waals surface area (Å²) in [4.78, 5) is 0. The lowest BCUT2D eigenvalue weighted by Crippen LogP contribution is -2.17. The lowest BCUT2D eigenvalue weighted by atomic mass is 10.3. The van der Waals surface area contributed by atoms with E-state index in [4.69, 9.17) is 16.3 Å². The molecule has 0 bridgehead atoms. The minimum absolute atomic E-state index is 0.121. The Hall–Kier alpha value is -2.33. The summed E-state index contributed by atoms with van der Waals surface area (Å²) in [5, 5.41) is 7.03. The van der Waals surface area contributed by atoms with Gasteiger partial charge in [0.2, 0.25) is 0 Å². The van der Waals surface area contributed by atoms with Gasteiger partial charge in [0.25, 0.3) is 0 Å². The minimum atomic E-state index is -0.283. The van der Waals surface area contributed by atoms with Crippen LogP contribution in [0.4, 0.5) is 10.1 Å². The largest absolute Gasteiger partial charge is 0.457 e. The first-order chi connectivity index (χ1) is 10.2. The van der Waals surface area contributed by atoms with E-state index in [0.29, 0.717) is 11.5 Å². The summed E-state index contributed by atoms with van der Waals surface area (Å²) in [7, 11) is 0. The number of halogens is 2. The smallest absolute Gasteiger partial charge is 0.127 e. The van der Waals surface area contributed by atoms with E-state index in [0.717, 1.165) is 16.3 Å². The van der Waals surface area contributed by atoms with Crippen molar-refractivity contribution in [2.45, 2.75) is 6.04 Å². The first-order valence-electron chi connectivity index (χ1n) is 6.48. The minimum Gasteiger partial charge on any atom is -0.457 e. The van der Waals surface area contributed by atoms with Gasteiger partial charge in [-0.05, 0) is 48.5 Å². The topological polar surface area (TPSA) is 24.8 Å². The molecule has 0 aromatic heterocycles.